The molecule has 4 rings (SSSR count). The molecule has 1 aromatic carbocycles. The maximum atomic E-state index is 14.1. The van der Waals surface area contributed by atoms with Crippen LogP contribution in [-0.4, -0.2) is 66.0 Å². The van der Waals surface area contributed by atoms with Crippen LogP contribution in [0.1, 0.15) is 49.5 Å². The Labute approximate surface area is 198 Å². The number of likely N-dealkylation sites (tertiary alicyclic amines) is 1. The average molecular weight is 475 g/mol. The van der Waals surface area contributed by atoms with Crippen molar-refractivity contribution >= 4 is 11.8 Å². The minimum absolute atomic E-state index is 0.0148. The molecule has 34 heavy (non-hydrogen) atoms. The SMILES string of the molecule is CC[C@@H]1CCC[C@H]1N1CC[C@@H](NC(=O)c2cc(-c3ccc(F)cc3F)on2)[C@H](C(=O)N(C)C)C1. The molecule has 7 nitrogen and oxygen atoms in total. The van der Waals surface area contributed by atoms with Crippen molar-refractivity contribution in [3.63, 3.8) is 0 Å². The van der Waals surface area contributed by atoms with Crippen LogP contribution < -0.4 is 5.32 Å². The predicted molar refractivity (Wildman–Crippen MR) is 123 cm³/mol. The molecule has 1 aliphatic carbocycles. The van der Waals surface area contributed by atoms with Gasteiger partial charge in [-0.25, -0.2) is 8.78 Å². The molecular formula is C25H32F2N4O3. The molecule has 0 spiro atoms. The number of carbonyl (C=O) groups excluding carboxylic acids is 2. The molecular weight excluding hydrogens is 442 g/mol. The number of aromatic nitrogens is 1. The first-order chi connectivity index (χ1) is 16.3. The summed E-state index contributed by atoms with van der Waals surface area (Å²) in [6.45, 7) is 3.64. The Morgan fingerprint density at radius 1 is 1.21 bits per heavy atom. The van der Waals surface area contributed by atoms with Crippen LogP contribution in [0.25, 0.3) is 11.3 Å². The topological polar surface area (TPSA) is 78.7 Å². The van der Waals surface area contributed by atoms with E-state index in [0.717, 1.165) is 31.5 Å². The number of benzene rings is 1. The highest BCUT2D eigenvalue weighted by Gasteiger charge is 2.41. The summed E-state index contributed by atoms with van der Waals surface area (Å²) >= 11 is 0. The van der Waals surface area contributed by atoms with Gasteiger partial charge in [0, 0.05) is 51.4 Å². The Bertz CT molecular complexity index is 1040. The lowest BCUT2D eigenvalue weighted by molar-refractivity contribution is -0.136. The van der Waals surface area contributed by atoms with E-state index in [2.05, 4.69) is 22.3 Å². The fourth-order valence-corrected chi connectivity index (χ4v) is 5.45. The van der Waals surface area contributed by atoms with Gasteiger partial charge in [0.15, 0.2) is 11.5 Å². The van der Waals surface area contributed by atoms with Crippen molar-refractivity contribution in [3.8, 4) is 11.3 Å². The normalized spacial score (nSPS) is 25.3. The lowest BCUT2D eigenvalue weighted by Crippen LogP contribution is -2.58. The summed E-state index contributed by atoms with van der Waals surface area (Å²) in [4.78, 5) is 30.0. The first kappa shape index (κ1) is 24.3. The second-order valence-electron chi connectivity index (χ2n) is 9.57. The quantitative estimate of drug-likeness (QED) is 0.691. The number of hydrogen-bond acceptors (Lipinski definition) is 5. The van der Waals surface area contributed by atoms with Crippen LogP contribution in [-0.2, 0) is 4.79 Å². The minimum atomic E-state index is -0.801. The van der Waals surface area contributed by atoms with Crippen LogP contribution in [0.3, 0.4) is 0 Å². The molecule has 2 aromatic rings. The van der Waals surface area contributed by atoms with E-state index in [1.54, 1.807) is 19.0 Å². The van der Waals surface area contributed by atoms with Crippen molar-refractivity contribution in [2.75, 3.05) is 27.2 Å². The molecule has 0 bridgehead atoms. The van der Waals surface area contributed by atoms with Crippen LogP contribution in [0.2, 0.25) is 0 Å². The van der Waals surface area contributed by atoms with E-state index in [9.17, 15) is 18.4 Å². The van der Waals surface area contributed by atoms with Crippen molar-refractivity contribution < 1.29 is 22.9 Å². The first-order valence-electron chi connectivity index (χ1n) is 12.0. The lowest BCUT2D eigenvalue weighted by atomic mass is 9.88. The lowest BCUT2D eigenvalue weighted by Gasteiger charge is -2.43. The highest BCUT2D eigenvalue weighted by molar-refractivity contribution is 5.94. The summed E-state index contributed by atoms with van der Waals surface area (Å²) < 4.78 is 32.4. The fourth-order valence-electron chi connectivity index (χ4n) is 5.45. The van der Waals surface area contributed by atoms with Crippen LogP contribution in [0.4, 0.5) is 8.78 Å². The molecule has 2 aliphatic rings. The molecule has 1 aliphatic heterocycles. The molecule has 1 N–H and O–H groups in total. The second kappa shape index (κ2) is 10.2. The van der Waals surface area contributed by atoms with E-state index < -0.39 is 17.5 Å². The van der Waals surface area contributed by atoms with Crippen molar-refractivity contribution in [2.24, 2.45) is 11.8 Å². The van der Waals surface area contributed by atoms with Gasteiger partial charge in [0.1, 0.15) is 11.6 Å². The first-order valence-corrected chi connectivity index (χ1v) is 12.0. The van der Waals surface area contributed by atoms with E-state index in [-0.39, 0.29) is 34.9 Å². The van der Waals surface area contributed by atoms with Crippen molar-refractivity contribution in [2.45, 2.75) is 51.1 Å². The third kappa shape index (κ3) is 4.99. The van der Waals surface area contributed by atoms with Crippen molar-refractivity contribution in [1.82, 2.24) is 20.3 Å². The molecule has 1 aromatic heterocycles. The third-order valence-corrected chi connectivity index (χ3v) is 7.27. The molecule has 4 atom stereocenters. The van der Waals surface area contributed by atoms with Gasteiger partial charge in [-0.05, 0) is 37.3 Å². The highest BCUT2D eigenvalue weighted by atomic mass is 19.1. The van der Waals surface area contributed by atoms with Gasteiger partial charge in [-0.15, -0.1) is 0 Å². The van der Waals surface area contributed by atoms with E-state index in [1.807, 2.05) is 0 Å². The second-order valence-corrected chi connectivity index (χ2v) is 9.57. The molecule has 2 heterocycles. The summed E-state index contributed by atoms with van der Waals surface area (Å²) in [7, 11) is 3.46. The maximum absolute atomic E-state index is 14.1. The van der Waals surface area contributed by atoms with Crippen molar-refractivity contribution in [3.05, 3.63) is 41.6 Å². The van der Waals surface area contributed by atoms with Gasteiger partial charge in [0.2, 0.25) is 5.91 Å². The maximum Gasteiger partial charge on any atom is 0.273 e. The van der Waals surface area contributed by atoms with Crippen molar-refractivity contribution in [1.29, 1.82) is 0 Å². The van der Waals surface area contributed by atoms with Crippen LogP contribution in [0.5, 0.6) is 0 Å². The summed E-state index contributed by atoms with van der Waals surface area (Å²) in [5, 5.41) is 6.73. The summed E-state index contributed by atoms with van der Waals surface area (Å²) in [6, 6.07) is 4.57. The molecule has 1 saturated carbocycles. The van der Waals surface area contributed by atoms with E-state index in [0.29, 0.717) is 24.9 Å². The van der Waals surface area contributed by atoms with Crippen LogP contribution in [0.15, 0.2) is 28.8 Å². The summed E-state index contributed by atoms with van der Waals surface area (Å²) in [5.74, 6) is -1.69. The number of amides is 2. The zero-order chi connectivity index (χ0) is 24.4. The number of nitrogens with zero attached hydrogens (tertiary/aromatic N) is 3. The Kier molecular flexibility index (Phi) is 7.30. The van der Waals surface area contributed by atoms with E-state index in [4.69, 9.17) is 4.52 Å². The molecule has 1 saturated heterocycles. The van der Waals surface area contributed by atoms with Gasteiger partial charge < -0.3 is 14.7 Å². The Hall–Kier alpha value is -2.81. The van der Waals surface area contributed by atoms with Crippen LogP contribution >= 0.6 is 0 Å². The minimum Gasteiger partial charge on any atom is -0.355 e. The molecule has 2 fully saturated rings. The van der Waals surface area contributed by atoms with Gasteiger partial charge in [-0.1, -0.05) is 24.9 Å². The largest absolute Gasteiger partial charge is 0.355 e. The smallest absolute Gasteiger partial charge is 0.273 e. The molecule has 0 unspecified atom stereocenters. The van der Waals surface area contributed by atoms with Gasteiger partial charge in [-0.2, -0.15) is 0 Å². The Morgan fingerprint density at radius 3 is 2.71 bits per heavy atom. The van der Waals surface area contributed by atoms with Crippen LogP contribution in [0, 0.1) is 23.5 Å². The number of rotatable bonds is 6. The number of piperidine rings is 1. The zero-order valence-electron chi connectivity index (χ0n) is 19.9. The van der Waals surface area contributed by atoms with Gasteiger partial charge in [0.05, 0.1) is 11.5 Å². The predicted octanol–water partition coefficient (Wildman–Crippen LogP) is 3.71. The summed E-state index contributed by atoms with van der Waals surface area (Å²) in [6.07, 6.45) is 5.39. The van der Waals surface area contributed by atoms with E-state index in [1.165, 1.54) is 25.0 Å². The van der Waals surface area contributed by atoms with E-state index >= 15 is 0 Å². The Morgan fingerprint density at radius 2 is 2.00 bits per heavy atom. The van der Waals surface area contributed by atoms with Gasteiger partial charge >= 0.3 is 0 Å². The average Bonchev–Trinajstić information content (AvgIpc) is 3.48. The number of nitrogens with one attached hydrogen (secondary N) is 1. The molecule has 9 heteroatoms. The molecule has 0 radical (unpaired) electrons. The number of halogens is 2. The number of carbonyl (C=O) groups is 2. The van der Waals surface area contributed by atoms with Gasteiger partial charge in [-0.3, -0.25) is 14.5 Å². The standard InChI is InChI=1S/C25H32F2N4O3/c1-4-15-6-5-7-22(15)31-11-10-20(18(14-31)25(33)30(2)3)28-24(32)21-13-23(34-29-21)17-9-8-16(26)12-19(17)27/h8-9,12-13,15,18,20,22H,4-7,10-11,14H2,1-3H3,(H,28,32)/t15-,18-,20-,22-/m1/s1. The highest BCUT2D eigenvalue weighted by Crippen LogP contribution is 2.35. The monoisotopic (exact) mass is 474 g/mol. The zero-order valence-corrected chi connectivity index (χ0v) is 19.9. The summed E-state index contributed by atoms with van der Waals surface area (Å²) in [5.41, 5.74) is 0.00279. The Balaban J connectivity index is 1.48. The molecule has 2 amide bonds. The number of hydrogen-bond donors (Lipinski definition) is 1. The van der Waals surface area contributed by atoms with Gasteiger partial charge in [0.25, 0.3) is 5.91 Å². The molecule has 184 valence electrons. The fraction of sp³-hybridized carbons (Fsp3) is 0.560. The third-order valence-electron chi connectivity index (χ3n) is 7.27.